The van der Waals surface area contributed by atoms with Crippen molar-refractivity contribution in [3.63, 3.8) is 0 Å². The van der Waals surface area contributed by atoms with Crippen LogP contribution >= 0.6 is 11.6 Å². The van der Waals surface area contributed by atoms with Gasteiger partial charge in [0.2, 0.25) is 10.0 Å². The fraction of sp³-hybridized carbons (Fsp3) is 0.500. The highest BCUT2D eigenvalue weighted by Crippen LogP contribution is 2.21. The molecule has 0 spiro atoms. The van der Waals surface area contributed by atoms with E-state index in [0.29, 0.717) is 12.1 Å². The van der Waals surface area contributed by atoms with Crippen molar-refractivity contribution in [3.05, 3.63) is 28.8 Å². The predicted molar refractivity (Wildman–Crippen MR) is 72.0 cm³/mol. The SMILES string of the molecule is CC(C)(C)CNS(=O)(=O)c1ccc(CO)c(Cl)c1. The molecule has 0 unspecified atom stereocenters. The van der Waals surface area contributed by atoms with Gasteiger partial charge >= 0.3 is 0 Å². The van der Waals surface area contributed by atoms with Crippen LogP contribution in [-0.2, 0) is 16.6 Å². The highest BCUT2D eigenvalue weighted by Gasteiger charge is 2.19. The van der Waals surface area contributed by atoms with Crippen LogP contribution in [0.2, 0.25) is 5.02 Å². The molecule has 1 rings (SSSR count). The van der Waals surface area contributed by atoms with Crippen LogP contribution in [0.1, 0.15) is 26.3 Å². The molecule has 0 radical (unpaired) electrons. The first-order valence-corrected chi connectivity index (χ1v) is 7.41. The Bertz CT molecular complexity index is 521. The maximum absolute atomic E-state index is 12.0. The number of hydrogen-bond donors (Lipinski definition) is 2. The van der Waals surface area contributed by atoms with Gasteiger partial charge in [-0.05, 0) is 23.1 Å². The van der Waals surface area contributed by atoms with Crippen LogP contribution in [0.15, 0.2) is 23.1 Å². The monoisotopic (exact) mass is 291 g/mol. The molecule has 0 saturated carbocycles. The minimum absolute atomic E-state index is 0.106. The lowest BCUT2D eigenvalue weighted by molar-refractivity contribution is 0.282. The molecule has 0 fully saturated rings. The Balaban J connectivity index is 2.96. The topological polar surface area (TPSA) is 66.4 Å². The maximum Gasteiger partial charge on any atom is 0.240 e. The molecule has 0 saturated heterocycles. The molecule has 0 aliphatic carbocycles. The third-order valence-corrected chi connectivity index (χ3v) is 4.05. The zero-order chi connectivity index (χ0) is 14.0. The molecule has 18 heavy (non-hydrogen) atoms. The molecular weight excluding hydrogens is 274 g/mol. The van der Waals surface area contributed by atoms with Crippen LogP contribution in [0.25, 0.3) is 0 Å². The lowest BCUT2D eigenvalue weighted by Crippen LogP contribution is -2.32. The van der Waals surface area contributed by atoms with E-state index in [4.69, 9.17) is 16.7 Å². The number of aliphatic hydroxyl groups is 1. The first-order valence-electron chi connectivity index (χ1n) is 5.55. The van der Waals surface area contributed by atoms with Crippen molar-refractivity contribution >= 4 is 21.6 Å². The van der Waals surface area contributed by atoms with Crippen molar-refractivity contribution < 1.29 is 13.5 Å². The van der Waals surface area contributed by atoms with E-state index in [0.717, 1.165) is 0 Å². The number of hydrogen-bond acceptors (Lipinski definition) is 3. The average molecular weight is 292 g/mol. The number of halogens is 1. The second-order valence-corrected chi connectivity index (χ2v) is 7.47. The minimum atomic E-state index is -3.56. The number of sulfonamides is 1. The summed E-state index contributed by atoms with van der Waals surface area (Å²) in [6, 6.07) is 4.29. The Morgan fingerprint density at radius 1 is 1.33 bits per heavy atom. The highest BCUT2D eigenvalue weighted by atomic mass is 35.5. The second kappa shape index (κ2) is 5.57. The fourth-order valence-electron chi connectivity index (χ4n) is 1.22. The van der Waals surface area contributed by atoms with Crippen molar-refractivity contribution in [2.75, 3.05) is 6.54 Å². The van der Waals surface area contributed by atoms with Gasteiger partial charge in [-0.15, -0.1) is 0 Å². The summed E-state index contributed by atoms with van der Waals surface area (Å²) < 4.78 is 26.5. The summed E-state index contributed by atoms with van der Waals surface area (Å²) in [4.78, 5) is 0.106. The van der Waals surface area contributed by atoms with Gasteiger partial charge in [0.05, 0.1) is 11.5 Å². The molecule has 0 atom stereocenters. The van der Waals surface area contributed by atoms with Crippen molar-refractivity contribution in [3.8, 4) is 0 Å². The molecule has 0 aromatic heterocycles. The van der Waals surface area contributed by atoms with Gasteiger partial charge in [-0.3, -0.25) is 0 Å². The third-order valence-electron chi connectivity index (χ3n) is 2.30. The van der Waals surface area contributed by atoms with E-state index in [2.05, 4.69) is 4.72 Å². The number of rotatable bonds is 4. The van der Waals surface area contributed by atoms with E-state index in [1.807, 2.05) is 20.8 Å². The average Bonchev–Trinajstić information content (AvgIpc) is 2.25. The van der Waals surface area contributed by atoms with Crippen LogP contribution in [-0.4, -0.2) is 20.1 Å². The molecule has 6 heteroatoms. The Morgan fingerprint density at radius 2 is 1.94 bits per heavy atom. The zero-order valence-corrected chi connectivity index (χ0v) is 12.3. The maximum atomic E-state index is 12.0. The molecule has 1 aromatic rings. The summed E-state index contributed by atoms with van der Waals surface area (Å²) >= 11 is 5.87. The molecule has 102 valence electrons. The van der Waals surface area contributed by atoms with E-state index in [1.54, 1.807) is 0 Å². The van der Waals surface area contributed by atoms with Crippen molar-refractivity contribution in [2.24, 2.45) is 5.41 Å². The van der Waals surface area contributed by atoms with E-state index in [1.165, 1.54) is 18.2 Å². The number of benzene rings is 1. The van der Waals surface area contributed by atoms with Crippen molar-refractivity contribution in [1.82, 2.24) is 4.72 Å². The summed E-state index contributed by atoms with van der Waals surface area (Å²) in [5, 5.41) is 9.22. The lowest BCUT2D eigenvalue weighted by Gasteiger charge is -2.18. The highest BCUT2D eigenvalue weighted by molar-refractivity contribution is 7.89. The van der Waals surface area contributed by atoms with Gasteiger partial charge in [0.15, 0.2) is 0 Å². The summed E-state index contributed by atoms with van der Waals surface area (Å²) in [5.74, 6) is 0. The van der Waals surface area contributed by atoms with Gasteiger partial charge in [0.1, 0.15) is 0 Å². The summed E-state index contributed by atoms with van der Waals surface area (Å²) in [6.45, 7) is 5.95. The molecule has 0 aliphatic heterocycles. The van der Waals surface area contributed by atoms with Crippen LogP contribution in [0, 0.1) is 5.41 Å². The first kappa shape index (κ1) is 15.4. The quantitative estimate of drug-likeness (QED) is 0.893. The summed E-state index contributed by atoms with van der Waals surface area (Å²) in [6.07, 6.45) is 0. The Kier molecular flexibility index (Phi) is 4.78. The fourth-order valence-corrected chi connectivity index (χ4v) is 2.83. The summed E-state index contributed by atoms with van der Waals surface area (Å²) in [5.41, 5.74) is 0.369. The molecule has 1 aromatic carbocycles. The molecular formula is C12H18ClNO3S. The molecule has 0 amide bonds. The number of nitrogens with one attached hydrogen (secondary N) is 1. The smallest absolute Gasteiger partial charge is 0.240 e. The van der Waals surface area contributed by atoms with Crippen LogP contribution < -0.4 is 4.72 Å². The van der Waals surface area contributed by atoms with Gasteiger partial charge in [0.25, 0.3) is 0 Å². The van der Waals surface area contributed by atoms with Crippen LogP contribution in [0.4, 0.5) is 0 Å². The molecule has 4 nitrogen and oxygen atoms in total. The predicted octanol–water partition coefficient (Wildman–Crippen LogP) is 2.16. The molecule has 2 N–H and O–H groups in total. The Labute approximate surface area is 113 Å². The largest absolute Gasteiger partial charge is 0.392 e. The van der Waals surface area contributed by atoms with Crippen LogP contribution in [0.3, 0.4) is 0 Å². The second-order valence-electron chi connectivity index (χ2n) is 5.30. The van der Waals surface area contributed by atoms with Gasteiger partial charge in [0, 0.05) is 11.6 Å². The Hall–Kier alpha value is -0.620. The normalized spacial score (nSPS) is 12.7. The van der Waals surface area contributed by atoms with Gasteiger partial charge in [-0.25, -0.2) is 13.1 Å². The molecule has 0 bridgehead atoms. The van der Waals surface area contributed by atoms with Gasteiger partial charge in [-0.2, -0.15) is 0 Å². The van der Waals surface area contributed by atoms with Crippen molar-refractivity contribution in [2.45, 2.75) is 32.3 Å². The summed E-state index contributed by atoms with van der Waals surface area (Å²) in [7, 11) is -3.56. The minimum Gasteiger partial charge on any atom is -0.392 e. The van der Waals surface area contributed by atoms with E-state index in [-0.39, 0.29) is 21.9 Å². The third kappa shape index (κ3) is 4.24. The van der Waals surface area contributed by atoms with Crippen molar-refractivity contribution in [1.29, 1.82) is 0 Å². The Morgan fingerprint density at radius 3 is 2.39 bits per heavy atom. The lowest BCUT2D eigenvalue weighted by atomic mass is 9.98. The van der Waals surface area contributed by atoms with Crippen LogP contribution in [0.5, 0.6) is 0 Å². The standard InChI is InChI=1S/C12H18ClNO3S/c1-12(2,3)8-14-18(16,17)10-5-4-9(7-15)11(13)6-10/h4-6,14-15H,7-8H2,1-3H3. The van der Waals surface area contributed by atoms with Gasteiger partial charge < -0.3 is 5.11 Å². The van der Waals surface area contributed by atoms with E-state index >= 15 is 0 Å². The molecule has 0 heterocycles. The van der Waals surface area contributed by atoms with E-state index in [9.17, 15) is 8.42 Å². The van der Waals surface area contributed by atoms with Gasteiger partial charge in [-0.1, -0.05) is 38.4 Å². The zero-order valence-electron chi connectivity index (χ0n) is 10.7. The first-order chi connectivity index (χ1) is 8.15. The molecule has 0 aliphatic rings. The van der Waals surface area contributed by atoms with E-state index < -0.39 is 10.0 Å². The number of aliphatic hydroxyl groups excluding tert-OH is 1.